The fourth-order valence-electron chi connectivity index (χ4n) is 4.41. The Hall–Kier alpha value is -4.73. The lowest BCUT2D eigenvalue weighted by Gasteiger charge is -2.24. The summed E-state index contributed by atoms with van der Waals surface area (Å²) in [6.07, 6.45) is 7.87. The molecule has 0 saturated heterocycles. The highest BCUT2D eigenvalue weighted by Gasteiger charge is 2.26. The second-order valence-electron chi connectivity index (χ2n) is 8.71. The maximum Gasteiger partial charge on any atom is 0.277 e. The highest BCUT2D eigenvalue weighted by molar-refractivity contribution is 5.80. The molecule has 1 aliphatic heterocycles. The number of aryl methyl sites for hydroxylation is 1. The number of anilines is 1. The summed E-state index contributed by atoms with van der Waals surface area (Å²) >= 11 is 0. The summed E-state index contributed by atoms with van der Waals surface area (Å²) in [7, 11) is 0. The topological polar surface area (TPSA) is 131 Å². The number of fused-ring (bicyclic) bond motifs is 2. The van der Waals surface area contributed by atoms with Crippen LogP contribution in [-0.2, 0) is 24.3 Å². The van der Waals surface area contributed by atoms with Gasteiger partial charge in [0.05, 0.1) is 24.6 Å². The molecule has 0 spiro atoms. The van der Waals surface area contributed by atoms with Crippen LogP contribution in [0.15, 0.2) is 76.7 Å². The number of nitrogens with zero attached hydrogens (tertiary/aromatic N) is 4. The minimum Gasteiger partial charge on any atom is -0.444 e. The third kappa shape index (κ3) is 4.24. The Kier molecular flexibility index (Phi) is 5.53. The average molecular weight is 482 g/mol. The first-order valence-electron chi connectivity index (χ1n) is 11.7. The van der Waals surface area contributed by atoms with E-state index in [1.54, 1.807) is 18.7 Å². The van der Waals surface area contributed by atoms with Gasteiger partial charge in [0.2, 0.25) is 11.8 Å². The first-order valence-corrected chi connectivity index (χ1v) is 11.7. The molecule has 1 atom stereocenters. The third-order valence-electron chi connectivity index (χ3n) is 6.27. The molecule has 180 valence electrons. The number of benzene rings is 1. The van der Waals surface area contributed by atoms with E-state index in [2.05, 4.69) is 30.6 Å². The van der Waals surface area contributed by atoms with Gasteiger partial charge in [0, 0.05) is 34.6 Å². The molecule has 3 N–H and O–H groups in total. The summed E-state index contributed by atoms with van der Waals surface area (Å²) in [5, 5.41) is 7.09. The molecule has 1 aliphatic rings. The number of amides is 1. The molecule has 5 aromatic rings. The number of aromatic nitrogens is 5. The summed E-state index contributed by atoms with van der Waals surface area (Å²) in [5.41, 5.74) is 4.21. The lowest BCUT2D eigenvalue weighted by Crippen LogP contribution is -2.35. The van der Waals surface area contributed by atoms with Crippen molar-refractivity contribution < 1.29 is 9.21 Å². The van der Waals surface area contributed by atoms with E-state index in [-0.39, 0.29) is 24.1 Å². The number of nitrogens with one attached hydrogen (secondary N) is 3. The number of aromatic amines is 1. The number of hydrogen-bond acceptors (Lipinski definition) is 7. The van der Waals surface area contributed by atoms with Gasteiger partial charge in [-0.05, 0) is 37.1 Å². The van der Waals surface area contributed by atoms with Gasteiger partial charge in [0.1, 0.15) is 24.2 Å². The van der Waals surface area contributed by atoms with Crippen molar-refractivity contribution in [3.63, 3.8) is 0 Å². The molecule has 1 aromatic carbocycles. The van der Waals surface area contributed by atoms with Crippen molar-refractivity contribution in [1.29, 1.82) is 0 Å². The van der Waals surface area contributed by atoms with Gasteiger partial charge in [-0.3, -0.25) is 19.1 Å². The molecule has 10 nitrogen and oxygen atoms in total. The fourth-order valence-corrected chi connectivity index (χ4v) is 4.41. The quantitative estimate of drug-likeness (QED) is 0.339. The molecule has 0 fully saturated rings. The molecular weight excluding hydrogens is 458 g/mol. The molecule has 0 saturated carbocycles. The van der Waals surface area contributed by atoms with Crippen LogP contribution in [0.1, 0.15) is 29.5 Å². The van der Waals surface area contributed by atoms with Crippen molar-refractivity contribution in [2.75, 3.05) is 5.32 Å². The van der Waals surface area contributed by atoms with Crippen LogP contribution in [0.5, 0.6) is 0 Å². The van der Waals surface area contributed by atoms with Crippen LogP contribution < -0.4 is 16.2 Å². The van der Waals surface area contributed by atoms with E-state index < -0.39 is 0 Å². The minimum atomic E-state index is -0.289. The van der Waals surface area contributed by atoms with Gasteiger partial charge < -0.3 is 20.0 Å². The number of carbonyl (C=O) groups excluding carboxylic acids is 1. The van der Waals surface area contributed by atoms with Crippen LogP contribution in [0.25, 0.3) is 22.4 Å². The molecule has 10 heteroatoms. The zero-order valence-electron chi connectivity index (χ0n) is 19.3. The molecule has 6 rings (SSSR count). The van der Waals surface area contributed by atoms with E-state index in [1.807, 2.05) is 42.5 Å². The monoisotopic (exact) mass is 481 g/mol. The van der Waals surface area contributed by atoms with Gasteiger partial charge in [-0.1, -0.05) is 18.2 Å². The van der Waals surface area contributed by atoms with Gasteiger partial charge in [-0.25, -0.2) is 9.97 Å². The van der Waals surface area contributed by atoms with E-state index >= 15 is 0 Å². The maximum atomic E-state index is 13.2. The van der Waals surface area contributed by atoms with Crippen molar-refractivity contribution in [3.05, 3.63) is 94.9 Å². The summed E-state index contributed by atoms with van der Waals surface area (Å²) in [5.74, 6) is 0.247. The molecule has 0 aliphatic carbocycles. The van der Waals surface area contributed by atoms with E-state index in [0.29, 0.717) is 30.2 Å². The Morgan fingerprint density at radius 3 is 2.97 bits per heavy atom. The Morgan fingerprint density at radius 1 is 1.22 bits per heavy atom. The van der Waals surface area contributed by atoms with E-state index in [4.69, 9.17) is 4.42 Å². The summed E-state index contributed by atoms with van der Waals surface area (Å²) in [6.45, 7) is 0.187. The standard InChI is InChI=1S/C26H23N7O3/c34-23(28-12-18-10-17-11-27-9-8-19(17)30-18)13-33-15-29-21-7-6-20(31-24(21)26(33)35)22-14-36-25(32-22)16-4-2-1-3-5-16/h1-5,8-11,14-15,20,30-31H,6-7,12-13H2,(H,28,34). The first-order chi connectivity index (χ1) is 17.6. The summed E-state index contributed by atoms with van der Waals surface area (Å²) in [6, 6.07) is 13.3. The average Bonchev–Trinajstić information content (AvgIpc) is 3.57. The van der Waals surface area contributed by atoms with Crippen molar-refractivity contribution in [3.8, 4) is 11.5 Å². The Morgan fingerprint density at radius 2 is 2.11 bits per heavy atom. The lowest BCUT2D eigenvalue weighted by atomic mass is 10.0. The number of rotatable bonds is 6. The molecule has 4 aromatic heterocycles. The molecule has 1 unspecified atom stereocenters. The molecule has 36 heavy (non-hydrogen) atoms. The molecular formula is C26H23N7O3. The normalized spacial score (nSPS) is 14.8. The highest BCUT2D eigenvalue weighted by Crippen LogP contribution is 2.30. The van der Waals surface area contributed by atoms with E-state index in [0.717, 1.165) is 34.3 Å². The number of H-pyrrole nitrogens is 1. The smallest absolute Gasteiger partial charge is 0.277 e. The second-order valence-corrected chi connectivity index (χ2v) is 8.71. The first kappa shape index (κ1) is 21.8. The van der Waals surface area contributed by atoms with Gasteiger partial charge in [-0.2, -0.15) is 0 Å². The van der Waals surface area contributed by atoms with Crippen molar-refractivity contribution >= 4 is 22.5 Å². The Bertz CT molecular complexity index is 1570. The predicted molar refractivity (Wildman–Crippen MR) is 133 cm³/mol. The van der Waals surface area contributed by atoms with Crippen molar-refractivity contribution in [2.45, 2.75) is 32.0 Å². The van der Waals surface area contributed by atoms with Crippen LogP contribution >= 0.6 is 0 Å². The number of hydrogen-bond donors (Lipinski definition) is 3. The summed E-state index contributed by atoms with van der Waals surface area (Å²) in [4.78, 5) is 42.1. The zero-order valence-corrected chi connectivity index (χ0v) is 19.3. The van der Waals surface area contributed by atoms with Crippen molar-refractivity contribution in [1.82, 2.24) is 29.8 Å². The SMILES string of the molecule is O=C(Cn1cnc2c(c1=O)NC(c1coc(-c3ccccc3)n1)CC2)NCc1cc2cnccc2[nH]1. The van der Waals surface area contributed by atoms with Crippen LogP contribution in [0.4, 0.5) is 5.69 Å². The van der Waals surface area contributed by atoms with Gasteiger partial charge >= 0.3 is 0 Å². The second kappa shape index (κ2) is 9.14. The Labute approximate surface area is 205 Å². The zero-order chi connectivity index (χ0) is 24.5. The molecule has 0 radical (unpaired) electrons. The largest absolute Gasteiger partial charge is 0.444 e. The van der Waals surface area contributed by atoms with Gasteiger partial charge in [-0.15, -0.1) is 0 Å². The number of pyridine rings is 1. The highest BCUT2D eigenvalue weighted by atomic mass is 16.3. The van der Waals surface area contributed by atoms with Gasteiger partial charge in [0.25, 0.3) is 5.56 Å². The van der Waals surface area contributed by atoms with Crippen LogP contribution in [-0.4, -0.2) is 30.4 Å². The van der Waals surface area contributed by atoms with Crippen LogP contribution in [0.2, 0.25) is 0 Å². The summed E-state index contributed by atoms with van der Waals surface area (Å²) < 4.78 is 6.99. The minimum absolute atomic E-state index is 0.130. The van der Waals surface area contributed by atoms with Crippen LogP contribution in [0, 0.1) is 0 Å². The third-order valence-corrected chi connectivity index (χ3v) is 6.27. The van der Waals surface area contributed by atoms with Gasteiger partial charge in [0.15, 0.2) is 0 Å². The van der Waals surface area contributed by atoms with Crippen molar-refractivity contribution in [2.24, 2.45) is 0 Å². The fraction of sp³-hybridized carbons (Fsp3) is 0.192. The molecule has 0 bridgehead atoms. The number of carbonyl (C=O) groups is 1. The van der Waals surface area contributed by atoms with E-state index in [9.17, 15) is 9.59 Å². The molecule has 1 amide bonds. The number of oxazole rings is 1. The Balaban J connectivity index is 1.14. The maximum absolute atomic E-state index is 13.2. The van der Waals surface area contributed by atoms with Crippen LogP contribution in [0.3, 0.4) is 0 Å². The predicted octanol–water partition coefficient (Wildman–Crippen LogP) is 3.19. The molecule has 5 heterocycles. The van der Waals surface area contributed by atoms with E-state index in [1.165, 1.54) is 10.9 Å². The lowest BCUT2D eigenvalue weighted by molar-refractivity contribution is -0.121.